The Morgan fingerprint density at radius 2 is 1.89 bits per heavy atom. The van der Waals surface area contributed by atoms with E-state index < -0.39 is 15.4 Å². The molecule has 2 aliphatic rings. The van der Waals surface area contributed by atoms with E-state index >= 15 is 0 Å². The standard InChI is InChI=1S/C24H26N6O4S/c1-3-34-22-13-25-12-19(29-22)15-4-6-18(7-5-15)28-23(31)24(10-16-8-17(16)11-24)20-9-21(27-14-26-20)30-35(2,32)33/h4-7,9,12-14,16-17H,3,8,10-11H2,1-2H3,(H,28,31)(H,26,27,30). The van der Waals surface area contributed by atoms with Crippen LogP contribution >= 0.6 is 0 Å². The van der Waals surface area contributed by atoms with E-state index in [-0.39, 0.29) is 11.7 Å². The lowest BCUT2D eigenvalue weighted by molar-refractivity contribution is -0.122. The van der Waals surface area contributed by atoms with Crippen molar-refractivity contribution in [1.82, 2.24) is 19.9 Å². The van der Waals surface area contributed by atoms with Crippen molar-refractivity contribution >= 4 is 27.4 Å². The number of amides is 1. The molecule has 2 aromatic heterocycles. The summed E-state index contributed by atoms with van der Waals surface area (Å²) >= 11 is 0. The predicted octanol–water partition coefficient (Wildman–Crippen LogP) is 3.01. The molecule has 10 nitrogen and oxygen atoms in total. The average Bonchev–Trinajstić information content (AvgIpc) is 3.44. The van der Waals surface area contributed by atoms with Crippen molar-refractivity contribution in [3.8, 4) is 17.1 Å². The summed E-state index contributed by atoms with van der Waals surface area (Å²) < 4.78 is 31.1. The number of carbonyl (C=O) groups excluding carboxylic acids is 1. The van der Waals surface area contributed by atoms with Gasteiger partial charge in [-0.3, -0.25) is 14.5 Å². The van der Waals surface area contributed by atoms with E-state index in [1.165, 1.54) is 6.33 Å². The largest absolute Gasteiger partial charge is 0.477 e. The van der Waals surface area contributed by atoms with Gasteiger partial charge in [0.1, 0.15) is 12.1 Å². The second-order valence-electron chi connectivity index (χ2n) is 9.12. The number of hydrogen-bond donors (Lipinski definition) is 2. The van der Waals surface area contributed by atoms with Crippen LogP contribution in [0.3, 0.4) is 0 Å². The third kappa shape index (κ3) is 4.95. The van der Waals surface area contributed by atoms with Gasteiger partial charge in [0.15, 0.2) is 0 Å². The maximum atomic E-state index is 13.6. The Labute approximate surface area is 203 Å². The van der Waals surface area contributed by atoms with Crippen LogP contribution in [0.15, 0.2) is 49.1 Å². The number of rotatable bonds is 8. The number of benzene rings is 1. The van der Waals surface area contributed by atoms with Gasteiger partial charge < -0.3 is 10.1 Å². The van der Waals surface area contributed by atoms with Gasteiger partial charge in [0, 0.05) is 17.3 Å². The zero-order chi connectivity index (χ0) is 24.6. The number of ether oxygens (including phenoxy) is 1. The van der Waals surface area contributed by atoms with Crippen LogP contribution in [0.2, 0.25) is 0 Å². The topological polar surface area (TPSA) is 136 Å². The van der Waals surface area contributed by atoms with Gasteiger partial charge in [0.2, 0.25) is 21.8 Å². The minimum atomic E-state index is -3.50. The molecule has 2 saturated carbocycles. The van der Waals surface area contributed by atoms with Crippen molar-refractivity contribution in [3.63, 3.8) is 0 Å². The predicted molar refractivity (Wildman–Crippen MR) is 130 cm³/mol. The zero-order valence-electron chi connectivity index (χ0n) is 19.4. The molecule has 2 heterocycles. The number of hydrogen-bond acceptors (Lipinski definition) is 8. The number of nitrogens with zero attached hydrogens (tertiary/aromatic N) is 4. The zero-order valence-corrected chi connectivity index (χ0v) is 20.2. The Balaban J connectivity index is 1.37. The molecule has 1 aromatic carbocycles. The SMILES string of the molecule is CCOc1cncc(-c2ccc(NC(=O)C3(c4cc(NS(C)(=O)=O)ncn4)CC4CC4C3)cc2)n1. The van der Waals surface area contributed by atoms with Gasteiger partial charge in [-0.05, 0) is 50.2 Å². The first kappa shape index (κ1) is 23.2. The number of anilines is 2. The van der Waals surface area contributed by atoms with Crippen molar-refractivity contribution in [3.05, 3.63) is 54.7 Å². The highest BCUT2D eigenvalue weighted by Crippen LogP contribution is 2.60. The molecular formula is C24H26N6O4S. The van der Waals surface area contributed by atoms with Crippen LogP contribution in [0.4, 0.5) is 11.5 Å². The number of fused-ring (bicyclic) bond motifs is 1. The summed E-state index contributed by atoms with van der Waals surface area (Å²) in [5.74, 6) is 1.43. The van der Waals surface area contributed by atoms with E-state index in [1.54, 1.807) is 18.5 Å². The van der Waals surface area contributed by atoms with Crippen molar-refractivity contribution in [2.24, 2.45) is 11.8 Å². The van der Waals surface area contributed by atoms with Crippen LogP contribution < -0.4 is 14.8 Å². The number of sulfonamides is 1. The summed E-state index contributed by atoms with van der Waals surface area (Å²) in [7, 11) is -3.50. The van der Waals surface area contributed by atoms with E-state index in [0.29, 0.717) is 54.2 Å². The fraction of sp³-hybridized carbons (Fsp3) is 0.375. The molecule has 2 fully saturated rings. The van der Waals surface area contributed by atoms with Crippen LogP contribution in [0.1, 0.15) is 31.9 Å². The molecule has 0 saturated heterocycles. The number of nitrogens with one attached hydrogen (secondary N) is 2. The Hall–Kier alpha value is -3.60. The number of carbonyl (C=O) groups is 1. The molecule has 182 valence electrons. The molecule has 35 heavy (non-hydrogen) atoms. The molecule has 2 N–H and O–H groups in total. The lowest BCUT2D eigenvalue weighted by atomic mass is 9.78. The first-order valence-electron chi connectivity index (χ1n) is 11.4. The molecule has 2 aliphatic carbocycles. The van der Waals surface area contributed by atoms with E-state index in [9.17, 15) is 13.2 Å². The van der Waals surface area contributed by atoms with Crippen molar-refractivity contribution in [1.29, 1.82) is 0 Å². The van der Waals surface area contributed by atoms with Gasteiger partial charge >= 0.3 is 0 Å². The maximum Gasteiger partial charge on any atom is 0.236 e. The van der Waals surface area contributed by atoms with Crippen LogP contribution in [0, 0.1) is 11.8 Å². The average molecular weight is 495 g/mol. The number of aromatic nitrogens is 4. The van der Waals surface area contributed by atoms with E-state index in [2.05, 4.69) is 30.0 Å². The summed E-state index contributed by atoms with van der Waals surface area (Å²) in [4.78, 5) is 30.6. The highest BCUT2D eigenvalue weighted by atomic mass is 32.2. The van der Waals surface area contributed by atoms with Gasteiger partial charge in [-0.25, -0.2) is 23.4 Å². The van der Waals surface area contributed by atoms with E-state index in [0.717, 1.165) is 18.2 Å². The normalized spacial score (nSPS) is 22.8. The van der Waals surface area contributed by atoms with Crippen molar-refractivity contribution < 1.29 is 17.9 Å². The van der Waals surface area contributed by atoms with E-state index in [1.807, 2.05) is 31.2 Å². The minimum Gasteiger partial charge on any atom is -0.477 e. The lowest BCUT2D eigenvalue weighted by Crippen LogP contribution is -2.40. The molecule has 0 bridgehead atoms. The van der Waals surface area contributed by atoms with Crippen LogP contribution in [0.5, 0.6) is 5.88 Å². The van der Waals surface area contributed by atoms with Gasteiger partial charge in [0.25, 0.3) is 0 Å². The molecule has 0 radical (unpaired) electrons. The van der Waals surface area contributed by atoms with Gasteiger partial charge in [-0.15, -0.1) is 0 Å². The van der Waals surface area contributed by atoms with Gasteiger partial charge in [0.05, 0.1) is 42.1 Å². The summed E-state index contributed by atoms with van der Waals surface area (Å²) in [6.45, 7) is 2.39. The van der Waals surface area contributed by atoms with Crippen LogP contribution in [-0.2, 0) is 20.2 Å². The van der Waals surface area contributed by atoms with Gasteiger partial charge in [-0.2, -0.15) is 0 Å². The van der Waals surface area contributed by atoms with Crippen LogP contribution in [-0.4, -0.2) is 47.1 Å². The third-order valence-electron chi connectivity index (χ3n) is 6.52. The van der Waals surface area contributed by atoms with E-state index in [4.69, 9.17) is 4.74 Å². The Morgan fingerprint density at radius 3 is 2.57 bits per heavy atom. The Morgan fingerprint density at radius 1 is 1.14 bits per heavy atom. The summed E-state index contributed by atoms with van der Waals surface area (Å²) in [6, 6.07) is 8.95. The molecular weight excluding hydrogens is 468 g/mol. The maximum absolute atomic E-state index is 13.6. The summed E-state index contributed by atoms with van der Waals surface area (Å²) in [5.41, 5.74) is 1.87. The lowest BCUT2D eigenvalue weighted by Gasteiger charge is -2.29. The first-order chi connectivity index (χ1) is 16.8. The highest BCUT2D eigenvalue weighted by Gasteiger charge is 2.59. The molecule has 0 spiro atoms. The quantitative estimate of drug-likeness (QED) is 0.488. The van der Waals surface area contributed by atoms with Crippen LogP contribution in [0.25, 0.3) is 11.3 Å². The first-order valence-corrected chi connectivity index (χ1v) is 13.3. The Kier molecular flexibility index (Phi) is 5.87. The molecule has 11 heteroatoms. The monoisotopic (exact) mass is 494 g/mol. The fourth-order valence-corrected chi connectivity index (χ4v) is 5.34. The third-order valence-corrected chi connectivity index (χ3v) is 7.10. The van der Waals surface area contributed by atoms with Crippen molar-refractivity contribution in [2.75, 3.05) is 22.9 Å². The van der Waals surface area contributed by atoms with Gasteiger partial charge in [-0.1, -0.05) is 12.1 Å². The molecule has 0 aliphatic heterocycles. The smallest absolute Gasteiger partial charge is 0.236 e. The Bertz CT molecular complexity index is 1350. The fourth-order valence-electron chi connectivity index (χ4n) is 4.84. The summed E-state index contributed by atoms with van der Waals surface area (Å²) in [6.07, 6.45) is 8.06. The molecule has 2 atom stereocenters. The summed E-state index contributed by atoms with van der Waals surface area (Å²) in [5, 5.41) is 3.04. The molecule has 2 unspecified atom stereocenters. The highest BCUT2D eigenvalue weighted by molar-refractivity contribution is 7.92. The van der Waals surface area contributed by atoms with Crippen molar-refractivity contribution in [2.45, 2.75) is 31.6 Å². The molecule has 3 aromatic rings. The second kappa shape index (κ2) is 8.88. The molecule has 1 amide bonds. The minimum absolute atomic E-state index is 0.153. The molecule has 5 rings (SSSR count). The second-order valence-corrected chi connectivity index (χ2v) is 10.9.